The minimum Gasteiger partial charge on any atom is -0.507 e. The van der Waals surface area contributed by atoms with Gasteiger partial charge in [-0.3, -0.25) is 0 Å². The number of phenolic OH excluding ortho intramolecular Hbond substituents is 1. The van der Waals surface area contributed by atoms with Gasteiger partial charge in [0.05, 0.1) is 6.07 Å². The van der Waals surface area contributed by atoms with Crippen LogP contribution in [-0.4, -0.2) is 21.4 Å². The van der Waals surface area contributed by atoms with E-state index in [1.807, 2.05) is 12.1 Å². The molecule has 0 heterocycles. The van der Waals surface area contributed by atoms with Gasteiger partial charge in [-0.2, -0.15) is 5.26 Å². The Hall–Kier alpha value is -2.09. The molecular weight excluding hydrogens is 218 g/mol. The van der Waals surface area contributed by atoms with E-state index in [0.29, 0.717) is 5.39 Å². The summed E-state index contributed by atoms with van der Waals surface area (Å²) in [7, 11) is 0. The van der Waals surface area contributed by atoms with Gasteiger partial charge in [-0.15, -0.1) is 0 Å². The molecule has 86 valence electrons. The third-order valence-corrected chi connectivity index (χ3v) is 2.68. The maximum Gasteiger partial charge on any atom is 0.170 e. The molecule has 0 amide bonds. The highest BCUT2D eigenvalue weighted by atomic mass is 16.3. The first-order valence-electron chi connectivity index (χ1n) is 5.11. The van der Waals surface area contributed by atoms with E-state index in [9.17, 15) is 15.3 Å². The summed E-state index contributed by atoms with van der Waals surface area (Å²) in [5, 5.41) is 38.9. The number of aliphatic hydroxyl groups excluding tert-OH is 2. The number of aliphatic hydroxyl groups is 2. The van der Waals surface area contributed by atoms with Gasteiger partial charge in [0.2, 0.25) is 0 Å². The fraction of sp³-hybridized carbons (Fsp3) is 0.154. The molecule has 2 atom stereocenters. The topological polar surface area (TPSA) is 84.5 Å². The van der Waals surface area contributed by atoms with E-state index in [0.717, 1.165) is 5.39 Å². The lowest BCUT2D eigenvalue weighted by Gasteiger charge is -2.14. The van der Waals surface area contributed by atoms with E-state index in [2.05, 4.69) is 0 Å². The molecule has 0 radical (unpaired) electrons. The lowest BCUT2D eigenvalue weighted by molar-refractivity contribution is 0.0513. The number of nitriles is 1. The number of hydrogen-bond acceptors (Lipinski definition) is 4. The summed E-state index contributed by atoms with van der Waals surface area (Å²) in [6.45, 7) is 0. The molecule has 0 saturated carbocycles. The van der Waals surface area contributed by atoms with Gasteiger partial charge in [-0.05, 0) is 5.39 Å². The van der Waals surface area contributed by atoms with Crippen LogP contribution < -0.4 is 0 Å². The molecule has 0 aromatic heterocycles. The molecule has 2 rings (SSSR count). The zero-order valence-corrected chi connectivity index (χ0v) is 8.91. The van der Waals surface area contributed by atoms with E-state index in [4.69, 9.17) is 5.26 Å². The van der Waals surface area contributed by atoms with Crippen molar-refractivity contribution in [1.82, 2.24) is 0 Å². The van der Waals surface area contributed by atoms with Crippen molar-refractivity contribution in [2.45, 2.75) is 12.2 Å². The fourth-order valence-corrected chi connectivity index (χ4v) is 1.75. The van der Waals surface area contributed by atoms with E-state index in [1.165, 1.54) is 12.1 Å². The second kappa shape index (κ2) is 4.42. The van der Waals surface area contributed by atoms with Crippen molar-refractivity contribution in [1.29, 1.82) is 5.26 Å². The van der Waals surface area contributed by atoms with Crippen LogP contribution in [0.1, 0.15) is 11.7 Å². The van der Waals surface area contributed by atoms with Crippen molar-refractivity contribution in [2.75, 3.05) is 0 Å². The summed E-state index contributed by atoms with van der Waals surface area (Å²) in [6.07, 6.45) is -2.97. The first-order chi connectivity index (χ1) is 8.15. The highest BCUT2D eigenvalue weighted by Crippen LogP contribution is 2.33. The first kappa shape index (κ1) is 11.4. The molecule has 4 heteroatoms. The summed E-state index contributed by atoms with van der Waals surface area (Å²) in [5.41, 5.74) is 0.151. The van der Waals surface area contributed by atoms with Gasteiger partial charge in [-0.25, -0.2) is 0 Å². The Kier molecular flexibility index (Phi) is 2.96. The van der Waals surface area contributed by atoms with Crippen LogP contribution in [0, 0.1) is 11.3 Å². The summed E-state index contributed by atoms with van der Waals surface area (Å²) < 4.78 is 0. The van der Waals surface area contributed by atoms with Gasteiger partial charge in [-0.1, -0.05) is 36.4 Å². The third kappa shape index (κ3) is 1.94. The van der Waals surface area contributed by atoms with E-state index in [1.54, 1.807) is 18.2 Å². The fourth-order valence-electron chi connectivity index (χ4n) is 1.75. The summed E-state index contributed by atoms with van der Waals surface area (Å²) in [4.78, 5) is 0. The van der Waals surface area contributed by atoms with Crippen LogP contribution in [0.15, 0.2) is 36.4 Å². The van der Waals surface area contributed by atoms with Gasteiger partial charge in [0.25, 0.3) is 0 Å². The number of hydrogen-bond donors (Lipinski definition) is 3. The smallest absolute Gasteiger partial charge is 0.170 e. The largest absolute Gasteiger partial charge is 0.507 e. The number of aromatic hydroxyl groups is 1. The number of fused-ring (bicyclic) bond motifs is 1. The molecule has 0 aliphatic rings. The maximum absolute atomic E-state index is 9.98. The second-order valence-electron chi connectivity index (χ2n) is 3.74. The number of rotatable bonds is 2. The molecule has 2 aromatic rings. The highest BCUT2D eigenvalue weighted by molar-refractivity contribution is 5.89. The van der Waals surface area contributed by atoms with E-state index < -0.39 is 12.2 Å². The Morgan fingerprint density at radius 1 is 1.06 bits per heavy atom. The average molecular weight is 229 g/mol. The van der Waals surface area contributed by atoms with Gasteiger partial charge in [0, 0.05) is 10.9 Å². The molecule has 2 unspecified atom stereocenters. The van der Waals surface area contributed by atoms with Crippen molar-refractivity contribution < 1.29 is 15.3 Å². The van der Waals surface area contributed by atoms with Gasteiger partial charge in [0.15, 0.2) is 6.10 Å². The molecule has 0 aliphatic carbocycles. The van der Waals surface area contributed by atoms with Crippen molar-refractivity contribution in [2.24, 2.45) is 0 Å². The van der Waals surface area contributed by atoms with Gasteiger partial charge < -0.3 is 15.3 Å². The quantitative estimate of drug-likeness (QED) is 0.681. The Labute approximate surface area is 98.0 Å². The van der Waals surface area contributed by atoms with Crippen molar-refractivity contribution in [3.8, 4) is 11.8 Å². The molecule has 17 heavy (non-hydrogen) atoms. The standard InChI is InChI=1S/C13H11NO3/c14-7-11(15)13(17)10-6-5-8-3-1-2-4-9(8)12(10)16/h1-6,11,13,15-17H. The molecule has 0 spiro atoms. The Balaban J connectivity index is 2.57. The Morgan fingerprint density at radius 2 is 1.76 bits per heavy atom. The number of phenols is 1. The summed E-state index contributed by atoms with van der Waals surface area (Å²) in [6, 6.07) is 11.9. The second-order valence-corrected chi connectivity index (χ2v) is 3.74. The van der Waals surface area contributed by atoms with Gasteiger partial charge >= 0.3 is 0 Å². The Bertz CT molecular complexity index is 589. The van der Waals surface area contributed by atoms with Gasteiger partial charge in [0.1, 0.15) is 11.9 Å². The average Bonchev–Trinajstić information content (AvgIpc) is 2.38. The summed E-state index contributed by atoms with van der Waals surface area (Å²) in [5.74, 6) is -0.107. The molecule has 0 fully saturated rings. The predicted octanol–water partition coefficient (Wildman–Crippen LogP) is 1.46. The molecule has 2 aromatic carbocycles. The normalized spacial score (nSPS) is 14.2. The summed E-state index contributed by atoms with van der Waals surface area (Å²) >= 11 is 0. The van der Waals surface area contributed by atoms with Crippen LogP contribution in [0.5, 0.6) is 5.75 Å². The van der Waals surface area contributed by atoms with Crippen molar-refractivity contribution in [3.63, 3.8) is 0 Å². The Morgan fingerprint density at radius 3 is 2.47 bits per heavy atom. The van der Waals surface area contributed by atoms with Crippen LogP contribution in [0.25, 0.3) is 10.8 Å². The lowest BCUT2D eigenvalue weighted by atomic mass is 9.99. The van der Waals surface area contributed by atoms with Crippen LogP contribution in [-0.2, 0) is 0 Å². The van der Waals surface area contributed by atoms with E-state index >= 15 is 0 Å². The third-order valence-electron chi connectivity index (χ3n) is 2.68. The van der Waals surface area contributed by atoms with Crippen LogP contribution >= 0.6 is 0 Å². The predicted molar refractivity (Wildman–Crippen MR) is 62.2 cm³/mol. The molecule has 0 saturated heterocycles. The minimum absolute atomic E-state index is 0.107. The lowest BCUT2D eigenvalue weighted by Crippen LogP contribution is -2.15. The van der Waals surface area contributed by atoms with Crippen LogP contribution in [0.3, 0.4) is 0 Å². The SMILES string of the molecule is N#CC(O)C(O)c1ccc2ccccc2c1O. The molecule has 0 bridgehead atoms. The number of nitrogens with zero attached hydrogens (tertiary/aromatic N) is 1. The minimum atomic E-state index is -1.55. The van der Waals surface area contributed by atoms with Crippen molar-refractivity contribution in [3.05, 3.63) is 42.0 Å². The van der Waals surface area contributed by atoms with Crippen molar-refractivity contribution >= 4 is 10.8 Å². The maximum atomic E-state index is 9.98. The van der Waals surface area contributed by atoms with Crippen LogP contribution in [0.4, 0.5) is 0 Å². The highest BCUT2D eigenvalue weighted by Gasteiger charge is 2.21. The molecular formula is C13H11NO3. The zero-order valence-electron chi connectivity index (χ0n) is 8.91. The number of benzene rings is 2. The van der Waals surface area contributed by atoms with Crippen LogP contribution in [0.2, 0.25) is 0 Å². The monoisotopic (exact) mass is 229 g/mol. The zero-order chi connectivity index (χ0) is 12.4. The first-order valence-corrected chi connectivity index (χ1v) is 5.11. The van der Waals surface area contributed by atoms with E-state index in [-0.39, 0.29) is 11.3 Å². The molecule has 3 N–H and O–H groups in total. The molecule has 0 aliphatic heterocycles. The molecule has 4 nitrogen and oxygen atoms in total.